The van der Waals surface area contributed by atoms with E-state index >= 15 is 0 Å². The molecule has 1 aliphatic heterocycles. The van der Waals surface area contributed by atoms with Crippen molar-refractivity contribution in [3.63, 3.8) is 0 Å². The minimum atomic E-state index is -3.79. The van der Waals surface area contributed by atoms with E-state index in [1.54, 1.807) is 13.1 Å². The molecule has 0 bridgehead atoms. The molecular formula is C21H32N4O5S. The number of benzene rings is 1. The maximum Gasteiger partial charge on any atom is 0.419 e. The van der Waals surface area contributed by atoms with Crippen LogP contribution in [0.15, 0.2) is 32.3 Å². The molecule has 1 N–H and O–H groups in total. The molecular weight excluding hydrogens is 420 g/mol. The maximum absolute atomic E-state index is 13.2. The number of nitrogens with zero attached hydrogens (tertiary/aromatic N) is 3. The van der Waals surface area contributed by atoms with Crippen LogP contribution < -0.4 is 11.1 Å². The Morgan fingerprint density at radius 3 is 2.84 bits per heavy atom. The molecule has 1 aliphatic rings. The molecule has 10 heteroatoms. The van der Waals surface area contributed by atoms with Gasteiger partial charge in [-0.25, -0.2) is 13.2 Å². The van der Waals surface area contributed by atoms with Gasteiger partial charge in [-0.05, 0) is 45.0 Å². The van der Waals surface area contributed by atoms with Gasteiger partial charge in [-0.2, -0.15) is 4.31 Å². The fourth-order valence-electron chi connectivity index (χ4n) is 3.85. The van der Waals surface area contributed by atoms with Gasteiger partial charge in [0.25, 0.3) is 0 Å². The lowest BCUT2D eigenvalue weighted by Crippen LogP contribution is -2.46. The molecule has 172 valence electrons. The maximum atomic E-state index is 13.2. The monoisotopic (exact) mass is 452 g/mol. The van der Waals surface area contributed by atoms with E-state index in [1.165, 1.54) is 21.0 Å². The highest BCUT2D eigenvalue weighted by Crippen LogP contribution is 2.26. The summed E-state index contributed by atoms with van der Waals surface area (Å²) in [5.74, 6) is -1.02. The molecule has 0 aliphatic carbocycles. The molecule has 1 atom stereocenters. The van der Waals surface area contributed by atoms with Gasteiger partial charge in [0.2, 0.25) is 15.9 Å². The van der Waals surface area contributed by atoms with Crippen LogP contribution in [0.1, 0.15) is 32.6 Å². The molecule has 2 heterocycles. The van der Waals surface area contributed by atoms with Crippen molar-refractivity contribution in [3.8, 4) is 0 Å². The summed E-state index contributed by atoms with van der Waals surface area (Å²) in [5, 5.41) is 2.95. The van der Waals surface area contributed by atoms with E-state index in [0.717, 1.165) is 25.9 Å². The second kappa shape index (κ2) is 9.97. The van der Waals surface area contributed by atoms with Crippen LogP contribution in [-0.4, -0.2) is 67.9 Å². The summed E-state index contributed by atoms with van der Waals surface area (Å²) in [7, 11) is -0.197. The molecule has 1 aromatic heterocycles. The summed E-state index contributed by atoms with van der Waals surface area (Å²) < 4.78 is 34.1. The minimum absolute atomic E-state index is 0.0629. The number of hydrogen-bond donors (Lipinski definition) is 1. The second-order valence-corrected chi connectivity index (χ2v) is 10.1. The number of oxazole rings is 1. The van der Waals surface area contributed by atoms with E-state index < -0.39 is 15.8 Å². The molecule has 1 fully saturated rings. The number of carbonyl (C=O) groups excluding carboxylic acids is 1. The Bertz CT molecular complexity index is 1080. The zero-order valence-corrected chi connectivity index (χ0v) is 19.3. The average molecular weight is 453 g/mol. The highest BCUT2D eigenvalue weighted by Gasteiger charge is 2.33. The largest absolute Gasteiger partial charge is 0.419 e. The zero-order valence-electron chi connectivity index (χ0n) is 18.5. The molecule has 0 radical (unpaired) electrons. The first-order valence-electron chi connectivity index (χ1n) is 10.8. The van der Waals surface area contributed by atoms with E-state index in [1.807, 2.05) is 7.05 Å². The van der Waals surface area contributed by atoms with Crippen LogP contribution in [-0.2, 0) is 21.9 Å². The molecule has 2 aromatic rings. The van der Waals surface area contributed by atoms with E-state index in [0.29, 0.717) is 31.4 Å². The van der Waals surface area contributed by atoms with Crippen molar-refractivity contribution in [2.45, 2.75) is 37.5 Å². The lowest BCUT2D eigenvalue weighted by atomic mass is 9.99. The lowest BCUT2D eigenvalue weighted by molar-refractivity contribution is -0.126. The highest BCUT2D eigenvalue weighted by molar-refractivity contribution is 7.89. The van der Waals surface area contributed by atoms with Gasteiger partial charge in [-0.1, -0.05) is 13.3 Å². The third-order valence-electron chi connectivity index (χ3n) is 5.84. The Kier molecular flexibility index (Phi) is 7.55. The predicted molar refractivity (Wildman–Crippen MR) is 118 cm³/mol. The van der Waals surface area contributed by atoms with Gasteiger partial charge >= 0.3 is 5.76 Å². The number of rotatable bonds is 9. The Labute approximate surface area is 183 Å². The number of aromatic nitrogens is 1. The first kappa shape index (κ1) is 23.5. The van der Waals surface area contributed by atoms with Gasteiger partial charge in [0.15, 0.2) is 5.58 Å². The van der Waals surface area contributed by atoms with E-state index in [9.17, 15) is 18.0 Å². The lowest BCUT2D eigenvalue weighted by Gasteiger charge is -2.31. The Morgan fingerprint density at radius 1 is 1.32 bits per heavy atom. The summed E-state index contributed by atoms with van der Waals surface area (Å²) in [6.45, 7) is 4.97. The van der Waals surface area contributed by atoms with Crippen molar-refractivity contribution in [3.05, 3.63) is 28.7 Å². The van der Waals surface area contributed by atoms with Crippen LogP contribution in [0, 0.1) is 5.92 Å². The summed E-state index contributed by atoms with van der Waals surface area (Å²) in [5.41, 5.74) is 0.760. The first-order valence-corrected chi connectivity index (χ1v) is 12.2. The number of aryl methyl sites for hydroxylation is 1. The van der Waals surface area contributed by atoms with Crippen LogP contribution in [0.4, 0.5) is 0 Å². The van der Waals surface area contributed by atoms with Gasteiger partial charge in [-0.3, -0.25) is 9.36 Å². The summed E-state index contributed by atoms with van der Waals surface area (Å²) in [4.78, 5) is 26.5. The molecule has 0 spiro atoms. The van der Waals surface area contributed by atoms with Crippen molar-refractivity contribution in [2.75, 3.05) is 39.8 Å². The van der Waals surface area contributed by atoms with Crippen LogP contribution in [0.25, 0.3) is 11.1 Å². The van der Waals surface area contributed by atoms with Crippen LogP contribution >= 0.6 is 0 Å². The third kappa shape index (κ3) is 5.36. The summed E-state index contributed by atoms with van der Waals surface area (Å²) in [6.07, 6.45) is 3.54. The number of sulfonamides is 1. The van der Waals surface area contributed by atoms with Crippen molar-refractivity contribution < 1.29 is 17.6 Å². The Hall–Kier alpha value is -2.17. The molecule has 1 amide bonds. The molecule has 1 aromatic carbocycles. The van der Waals surface area contributed by atoms with Gasteiger partial charge in [0, 0.05) is 39.3 Å². The fourth-order valence-corrected chi connectivity index (χ4v) is 5.39. The quantitative estimate of drug-likeness (QED) is 0.616. The van der Waals surface area contributed by atoms with E-state index in [-0.39, 0.29) is 28.8 Å². The Balaban J connectivity index is 1.64. The number of unbranched alkanes of at least 4 members (excludes halogenated alkanes) is 1. The number of likely N-dealkylation sites (N-methyl/N-ethyl adjacent to an activating group) is 1. The molecule has 9 nitrogen and oxygen atoms in total. The standard InChI is InChI=1S/C21H32N4O5S/c1-4-5-11-23(2)13-10-22-20(26)16-7-6-12-25(15-16)31(28,29)17-8-9-18-19(14-17)30-21(27)24(18)3/h8-9,14,16H,4-7,10-13,15H2,1-3H3,(H,22,26)/t16-/m0/s1. The third-order valence-corrected chi connectivity index (χ3v) is 7.70. The summed E-state index contributed by atoms with van der Waals surface area (Å²) >= 11 is 0. The molecule has 3 rings (SSSR count). The number of carbonyl (C=O) groups is 1. The van der Waals surface area contributed by atoms with Crippen molar-refractivity contribution in [1.82, 2.24) is 19.1 Å². The van der Waals surface area contributed by atoms with Crippen molar-refractivity contribution >= 4 is 27.0 Å². The first-order chi connectivity index (χ1) is 14.7. The van der Waals surface area contributed by atoms with Gasteiger partial charge in [-0.15, -0.1) is 0 Å². The average Bonchev–Trinajstić information content (AvgIpc) is 3.05. The SMILES string of the molecule is CCCCN(C)CCNC(=O)[C@H]1CCCN(S(=O)(=O)c2ccc3c(c2)oc(=O)n3C)C1. The van der Waals surface area contributed by atoms with Gasteiger partial charge in [0.1, 0.15) is 0 Å². The minimum Gasteiger partial charge on any atom is -0.408 e. The van der Waals surface area contributed by atoms with Crippen molar-refractivity contribution in [2.24, 2.45) is 13.0 Å². The number of piperidine rings is 1. The second-order valence-electron chi connectivity index (χ2n) is 8.21. The predicted octanol–water partition coefficient (Wildman–Crippen LogP) is 1.38. The van der Waals surface area contributed by atoms with Gasteiger partial charge in [0.05, 0.1) is 16.3 Å². The number of nitrogens with one attached hydrogen (secondary N) is 1. The topological polar surface area (TPSA) is 105 Å². The number of hydrogen-bond acceptors (Lipinski definition) is 6. The smallest absolute Gasteiger partial charge is 0.408 e. The van der Waals surface area contributed by atoms with E-state index in [4.69, 9.17) is 4.42 Å². The number of fused-ring (bicyclic) bond motifs is 1. The number of amides is 1. The van der Waals surface area contributed by atoms with Crippen molar-refractivity contribution in [1.29, 1.82) is 0 Å². The van der Waals surface area contributed by atoms with Gasteiger partial charge < -0.3 is 14.6 Å². The highest BCUT2D eigenvalue weighted by atomic mass is 32.2. The van der Waals surface area contributed by atoms with Crippen LogP contribution in [0.5, 0.6) is 0 Å². The normalized spacial score (nSPS) is 18.0. The molecule has 1 saturated heterocycles. The molecule has 0 unspecified atom stereocenters. The molecule has 31 heavy (non-hydrogen) atoms. The van der Waals surface area contributed by atoms with Crippen LogP contribution in [0.2, 0.25) is 0 Å². The Morgan fingerprint density at radius 2 is 2.10 bits per heavy atom. The fraction of sp³-hybridized carbons (Fsp3) is 0.619. The molecule has 0 saturated carbocycles. The summed E-state index contributed by atoms with van der Waals surface area (Å²) in [6, 6.07) is 4.42. The zero-order chi connectivity index (χ0) is 22.6. The van der Waals surface area contributed by atoms with E-state index in [2.05, 4.69) is 17.1 Å². The van der Waals surface area contributed by atoms with Crippen LogP contribution in [0.3, 0.4) is 0 Å².